The zero-order valence-corrected chi connectivity index (χ0v) is 22.2. The van der Waals surface area contributed by atoms with Gasteiger partial charge in [-0.25, -0.2) is 8.78 Å². The Balaban J connectivity index is 2.13. The number of nitrogens with one attached hydrogen (secondary N) is 1. The van der Waals surface area contributed by atoms with E-state index in [1.54, 1.807) is 6.08 Å². The monoisotopic (exact) mass is 540 g/mol. The molecule has 9 nitrogen and oxygen atoms in total. The van der Waals surface area contributed by atoms with Gasteiger partial charge in [0.25, 0.3) is 5.91 Å². The summed E-state index contributed by atoms with van der Waals surface area (Å²) in [6.07, 6.45) is -0.712. The summed E-state index contributed by atoms with van der Waals surface area (Å²) in [4.78, 5) is 39.2. The molecular weight excluding hydrogens is 502 g/mol. The van der Waals surface area contributed by atoms with E-state index in [1.165, 1.54) is 24.2 Å². The lowest BCUT2D eigenvalue weighted by molar-refractivity contribution is -0.163. The predicted octanol–water partition coefficient (Wildman–Crippen LogP) is 2.23. The molecule has 1 aliphatic heterocycles. The number of carbonyl (C=O) groups excluding carboxylic acids is 3. The van der Waals surface area contributed by atoms with Crippen LogP contribution in [0.1, 0.15) is 52.0 Å². The molecule has 0 bridgehead atoms. The lowest BCUT2D eigenvalue weighted by atomic mass is 9.99. The highest BCUT2D eigenvalue weighted by Gasteiger charge is 2.39. The van der Waals surface area contributed by atoms with Crippen LogP contribution in [0.25, 0.3) is 0 Å². The number of methoxy groups -OCH3 is 1. The second-order valence-electron chi connectivity index (χ2n) is 9.55. The number of hydrogen-bond acceptors (Lipinski definition) is 7. The van der Waals surface area contributed by atoms with E-state index >= 15 is 0 Å². The summed E-state index contributed by atoms with van der Waals surface area (Å²) in [5.41, 5.74) is 0.402. The summed E-state index contributed by atoms with van der Waals surface area (Å²) in [6.45, 7) is 5.44. The van der Waals surface area contributed by atoms with Gasteiger partial charge in [-0.3, -0.25) is 14.4 Å². The fourth-order valence-corrected chi connectivity index (χ4v) is 4.13. The van der Waals surface area contributed by atoms with Crippen LogP contribution >= 0.6 is 0 Å². The smallest absolute Gasteiger partial charge is 0.303 e. The third-order valence-corrected chi connectivity index (χ3v) is 6.54. The molecule has 2 amide bonds. The largest absolute Gasteiger partial charge is 0.455 e. The van der Waals surface area contributed by atoms with Gasteiger partial charge in [-0.2, -0.15) is 0 Å². The molecule has 1 heterocycles. The van der Waals surface area contributed by atoms with Gasteiger partial charge in [-0.15, -0.1) is 0 Å². The first-order valence-electron chi connectivity index (χ1n) is 12.8. The molecular formula is C27H38F2N2O7. The number of amides is 2. The van der Waals surface area contributed by atoms with Gasteiger partial charge in [-0.1, -0.05) is 32.4 Å². The molecule has 1 aliphatic rings. The highest BCUT2D eigenvalue weighted by molar-refractivity contribution is 5.89. The maximum absolute atomic E-state index is 13.6. The van der Waals surface area contributed by atoms with E-state index < -0.39 is 59.9 Å². The minimum atomic E-state index is -1.79. The molecule has 11 heteroatoms. The molecule has 0 radical (unpaired) electrons. The van der Waals surface area contributed by atoms with Gasteiger partial charge >= 0.3 is 5.97 Å². The number of rotatable bonds is 12. The second kappa shape index (κ2) is 14.9. The zero-order chi connectivity index (χ0) is 28.4. The number of aliphatic hydroxyl groups excluding tert-OH is 2. The fraction of sp³-hybridized carbons (Fsp3) is 0.593. The van der Waals surface area contributed by atoms with E-state index in [9.17, 15) is 33.4 Å². The van der Waals surface area contributed by atoms with E-state index in [-0.39, 0.29) is 12.5 Å². The quantitative estimate of drug-likeness (QED) is 0.274. The van der Waals surface area contributed by atoms with E-state index in [0.29, 0.717) is 31.4 Å². The van der Waals surface area contributed by atoms with Crippen molar-refractivity contribution in [3.05, 3.63) is 47.5 Å². The molecule has 0 saturated carbocycles. The van der Waals surface area contributed by atoms with Gasteiger partial charge < -0.3 is 29.9 Å². The van der Waals surface area contributed by atoms with Crippen LogP contribution in [0.3, 0.4) is 0 Å². The average Bonchev–Trinajstić information content (AvgIpc) is 3.04. The van der Waals surface area contributed by atoms with Crippen LogP contribution in [0.4, 0.5) is 8.78 Å². The summed E-state index contributed by atoms with van der Waals surface area (Å²) in [6, 6.07) is 2.45. The maximum atomic E-state index is 13.6. The first kappa shape index (κ1) is 31.3. The number of ether oxygens (including phenoxy) is 2. The molecule has 2 rings (SSSR count). The number of hydrogen-bond donors (Lipinski definition) is 3. The van der Waals surface area contributed by atoms with Crippen molar-refractivity contribution in [3.63, 3.8) is 0 Å². The van der Waals surface area contributed by atoms with E-state index in [0.717, 1.165) is 25.5 Å². The van der Waals surface area contributed by atoms with Crippen molar-refractivity contribution < 1.29 is 42.9 Å². The summed E-state index contributed by atoms with van der Waals surface area (Å²) < 4.78 is 37.2. The minimum absolute atomic E-state index is 0.0318. The molecule has 0 aliphatic carbocycles. The van der Waals surface area contributed by atoms with Crippen LogP contribution in [0.2, 0.25) is 0 Å². The molecule has 1 aromatic rings. The summed E-state index contributed by atoms with van der Waals surface area (Å²) in [7, 11) is 1.17. The molecule has 38 heavy (non-hydrogen) atoms. The highest BCUT2D eigenvalue weighted by atomic mass is 19.2. The van der Waals surface area contributed by atoms with Crippen molar-refractivity contribution in [1.82, 2.24) is 10.2 Å². The van der Waals surface area contributed by atoms with Crippen molar-refractivity contribution in [3.8, 4) is 0 Å². The first-order valence-corrected chi connectivity index (χ1v) is 12.8. The summed E-state index contributed by atoms with van der Waals surface area (Å²) >= 11 is 0. The van der Waals surface area contributed by atoms with Gasteiger partial charge in [0.1, 0.15) is 24.4 Å². The lowest BCUT2D eigenvalue weighted by Gasteiger charge is -2.30. The Morgan fingerprint density at radius 3 is 2.50 bits per heavy atom. The van der Waals surface area contributed by atoms with Crippen LogP contribution in [0.15, 0.2) is 30.4 Å². The Hall–Kier alpha value is -2.89. The Kier molecular flexibility index (Phi) is 12.3. The highest BCUT2D eigenvalue weighted by Crippen LogP contribution is 2.19. The Labute approximate surface area is 221 Å². The number of benzene rings is 1. The fourth-order valence-electron chi connectivity index (χ4n) is 4.13. The number of nitrogens with zero attached hydrogens (tertiary/aromatic N) is 1. The maximum Gasteiger partial charge on any atom is 0.303 e. The Morgan fingerprint density at radius 1 is 1.18 bits per heavy atom. The van der Waals surface area contributed by atoms with Gasteiger partial charge in [0, 0.05) is 27.1 Å². The second-order valence-corrected chi connectivity index (χ2v) is 9.55. The standard InChI is InChI=1S/C27H38F2N2O7/c1-5-16(2)9-12-22(38-17(3)32)23(33)24(34)25(37-4)26(35)30-21-8-6-7-13-31(27(21)36)15-18-10-11-19(28)20(29)14-18/h9-12,14,16,21-25,33-34H,5-8,13,15H2,1-4H3,(H,30,35)/b12-9+/t16?,21-,22+,23-,24+,25+/m0/s1. The summed E-state index contributed by atoms with van der Waals surface area (Å²) in [5.74, 6) is -3.82. The van der Waals surface area contributed by atoms with Crippen LogP contribution in [0.5, 0.6) is 0 Å². The van der Waals surface area contributed by atoms with Crippen molar-refractivity contribution in [2.24, 2.45) is 5.92 Å². The zero-order valence-electron chi connectivity index (χ0n) is 22.2. The Morgan fingerprint density at radius 2 is 1.89 bits per heavy atom. The first-order chi connectivity index (χ1) is 18.0. The van der Waals surface area contributed by atoms with Crippen LogP contribution in [-0.4, -0.2) is 77.0 Å². The van der Waals surface area contributed by atoms with Crippen molar-refractivity contribution in [1.29, 1.82) is 0 Å². The van der Waals surface area contributed by atoms with Gasteiger partial charge in [-0.05, 0) is 49.0 Å². The molecule has 212 valence electrons. The molecule has 0 aromatic heterocycles. The number of likely N-dealkylation sites (tertiary alicyclic amines) is 1. The number of carbonyl (C=O) groups is 3. The molecule has 1 aromatic carbocycles. The number of allylic oxidation sites excluding steroid dienone is 1. The molecule has 1 fully saturated rings. The van der Waals surface area contributed by atoms with Crippen LogP contribution in [-0.2, 0) is 30.4 Å². The molecule has 1 unspecified atom stereocenters. The van der Waals surface area contributed by atoms with Crippen LogP contribution in [0, 0.1) is 17.6 Å². The molecule has 6 atom stereocenters. The molecule has 0 spiro atoms. The van der Waals surface area contributed by atoms with E-state index in [2.05, 4.69) is 5.32 Å². The van der Waals surface area contributed by atoms with Crippen molar-refractivity contribution >= 4 is 17.8 Å². The lowest BCUT2D eigenvalue weighted by Crippen LogP contribution is -2.56. The Bertz CT molecular complexity index is 990. The van der Waals surface area contributed by atoms with Crippen molar-refractivity contribution in [2.75, 3.05) is 13.7 Å². The number of halogens is 2. The molecule has 3 N–H and O–H groups in total. The van der Waals surface area contributed by atoms with E-state index in [4.69, 9.17) is 9.47 Å². The predicted molar refractivity (Wildman–Crippen MR) is 135 cm³/mol. The topological polar surface area (TPSA) is 125 Å². The third-order valence-electron chi connectivity index (χ3n) is 6.54. The van der Waals surface area contributed by atoms with E-state index in [1.807, 2.05) is 13.8 Å². The van der Waals surface area contributed by atoms with Gasteiger partial charge in [0.2, 0.25) is 5.91 Å². The van der Waals surface area contributed by atoms with Gasteiger partial charge in [0.15, 0.2) is 17.7 Å². The summed E-state index contributed by atoms with van der Waals surface area (Å²) in [5, 5.41) is 24.1. The SMILES string of the molecule is CCC(C)/C=C/[C@@H](OC(C)=O)[C@H](O)[C@@H](O)[C@@H](OC)C(=O)N[C@H]1CCCCN(Cc2ccc(F)c(F)c2)C1=O. The number of esters is 1. The molecule has 1 saturated heterocycles. The average molecular weight is 541 g/mol. The van der Waals surface area contributed by atoms with Crippen molar-refractivity contribution in [2.45, 2.75) is 83.5 Å². The third kappa shape index (κ3) is 8.85. The number of aliphatic hydroxyl groups is 2. The van der Waals surface area contributed by atoms with Gasteiger partial charge in [0.05, 0.1) is 0 Å². The normalized spacial score (nSPS) is 20.4. The minimum Gasteiger partial charge on any atom is -0.455 e. The van der Waals surface area contributed by atoms with Crippen LogP contribution < -0.4 is 5.32 Å².